The lowest BCUT2D eigenvalue weighted by atomic mass is 10.1. The summed E-state index contributed by atoms with van der Waals surface area (Å²) in [4.78, 5) is 0. The van der Waals surface area contributed by atoms with Crippen molar-refractivity contribution >= 4 is 11.6 Å². The summed E-state index contributed by atoms with van der Waals surface area (Å²) >= 11 is 5.97. The Bertz CT molecular complexity index is 388. The summed E-state index contributed by atoms with van der Waals surface area (Å²) < 4.78 is 5.32. The first kappa shape index (κ1) is 11.9. The lowest BCUT2D eigenvalue weighted by molar-refractivity contribution is 0.199. The van der Waals surface area contributed by atoms with Gasteiger partial charge in [0.25, 0.3) is 0 Å². The molecule has 0 saturated carbocycles. The normalized spacial score (nSPS) is 11.5. The number of aliphatic hydroxyl groups excluding tert-OH is 1. The second kappa shape index (κ2) is 5.65. The SMILES string of the molecule is CC#CCOc1ccc(C(C)O)cc1Cl. The fourth-order valence-electron chi connectivity index (χ4n) is 1.08. The van der Waals surface area contributed by atoms with Gasteiger partial charge in [-0.2, -0.15) is 0 Å². The highest BCUT2D eigenvalue weighted by atomic mass is 35.5. The first-order valence-corrected chi connectivity index (χ1v) is 5.03. The minimum atomic E-state index is -0.521. The van der Waals surface area contributed by atoms with E-state index in [2.05, 4.69) is 11.8 Å². The van der Waals surface area contributed by atoms with E-state index in [1.807, 2.05) is 0 Å². The molecule has 0 aliphatic carbocycles. The number of halogens is 1. The minimum absolute atomic E-state index is 0.324. The fourth-order valence-corrected chi connectivity index (χ4v) is 1.32. The molecule has 0 radical (unpaired) electrons. The number of benzene rings is 1. The highest BCUT2D eigenvalue weighted by Crippen LogP contribution is 2.27. The van der Waals surface area contributed by atoms with Crippen molar-refractivity contribution in [2.45, 2.75) is 20.0 Å². The minimum Gasteiger partial charge on any atom is -0.479 e. The average Bonchev–Trinajstić information content (AvgIpc) is 2.20. The molecule has 1 aromatic rings. The monoisotopic (exact) mass is 224 g/mol. The van der Waals surface area contributed by atoms with Gasteiger partial charge in [-0.1, -0.05) is 23.6 Å². The van der Waals surface area contributed by atoms with E-state index in [4.69, 9.17) is 16.3 Å². The molecule has 1 atom stereocenters. The molecule has 0 aromatic heterocycles. The second-order valence-electron chi connectivity index (χ2n) is 3.08. The van der Waals surface area contributed by atoms with Crippen LogP contribution >= 0.6 is 11.6 Å². The summed E-state index contributed by atoms with van der Waals surface area (Å²) in [6.07, 6.45) is -0.521. The summed E-state index contributed by atoms with van der Waals surface area (Å²) in [5.74, 6) is 6.10. The Kier molecular flexibility index (Phi) is 4.48. The van der Waals surface area contributed by atoms with Crippen LogP contribution in [0.4, 0.5) is 0 Å². The Labute approximate surface area is 94.8 Å². The molecule has 0 fully saturated rings. The molecule has 0 aliphatic rings. The molecule has 0 heterocycles. The van der Waals surface area contributed by atoms with E-state index in [1.54, 1.807) is 32.0 Å². The van der Waals surface area contributed by atoms with Gasteiger partial charge in [-0.25, -0.2) is 0 Å². The summed E-state index contributed by atoms with van der Waals surface area (Å²) in [5, 5.41) is 9.82. The lowest BCUT2D eigenvalue weighted by Crippen LogP contribution is -1.96. The van der Waals surface area contributed by atoms with Crippen LogP contribution in [0.3, 0.4) is 0 Å². The van der Waals surface area contributed by atoms with Crippen LogP contribution in [0.2, 0.25) is 5.02 Å². The molecule has 15 heavy (non-hydrogen) atoms. The fraction of sp³-hybridized carbons (Fsp3) is 0.333. The van der Waals surface area contributed by atoms with E-state index in [9.17, 15) is 5.11 Å². The Hall–Kier alpha value is -1.17. The smallest absolute Gasteiger partial charge is 0.149 e. The Morgan fingerprint density at radius 2 is 2.27 bits per heavy atom. The molecule has 1 aromatic carbocycles. The van der Waals surface area contributed by atoms with E-state index >= 15 is 0 Å². The molecular weight excluding hydrogens is 212 g/mol. The molecule has 0 bridgehead atoms. The first-order valence-electron chi connectivity index (χ1n) is 4.65. The zero-order valence-corrected chi connectivity index (χ0v) is 9.51. The summed E-state index contributed by atoms with van der Waals surface area (Å²) in [7, 11) is 0. The van der Waals surface area contributed by atoms with Crippen molar-refractivity contribution in [2.24, 2.45) is 0 Å². The average molecular weight is 225 g/mol. The van der Waals surface area contributed by atoms with E-state index in [1.165, 1.54) is 0 Å². The molecule has 3 heteroatoms. The zero-order valence-electron chi connectivity index (χ0n) is 8.75. The summed E-state index contributed by atoms with van der Waals surface area (Å²) in [6.45, 7) is 3.76. The molecular formula is C12H13ClO2. The van der Waals surface area contributed by atoms with Gasteiger partial charge in [0.05, 0.1) is 11.1 Å². The Morgan fingerprint density at radius 1 is 1.53 bits per heavy atom. The largest absolute Gasteiger partial charge is 0.479 e. The lowest BCUT2D eigenvalue weighted by Gasteiger charge is -2.08. The molecule has 1 rings (SSSR count). The third kappa shape index (κ3) is 3.47. The van der Waals surface area contributed by atoms with Crippen LogP contribution < -0.4 is 4.74 Å². The van der Waals surface area contributed by atoms with Crippen LogP contribution in [0.15, 0.2) is 18.2 Å². The maximum Gasteiger partial charge on any atom is 0.149 e. The van der Waals surface area contributed by atoms with E-state index in [0.717, 1.165) is 5.56 Å². The number of hydrogen-bond donors (Lipinski definition) is 1. The highest BCUT2D eigenvalue weighted by Gasteiger charge is 2.05. The van der Waals surface area contributed by atoms with Crippen molar-refractivity contribution in [1.29, 1.82) is 0 Å². The van der Waals surface area contributed by atoms with Crippen LogP contribution in [0.5, 0.6) is 5.75 Å². The van der Waals surface area contributed by atoms with Gasteiger partial charge < -0.3 is 9.84 Å². The van der Waals surface area contributed by atoms with E-state index in [-0.39, 0.29) is 0 Å². The molecule has 80 valence electrons. The second-order valence-corrected chi connectivity index (χ2v) is 3.49. The number of hydrogen-bond acceptors (Lipinski definition) is 2. The summed E-state index contributed by atoms with van der Waals surface area (Å²) in [5.41, 5.74) is 0.772. The number of ether oxygens (including phenoxy) is 1. The van der Waals surface area contributed by atoms with Gasteiger partial charge in [0.2, 0.25) is 0 Å². The predicted octanol–water partition coefficient (Wildman–Crippen LogP) is 2.80. The van der Waals surface area contributed by atoms with Gasteiger partial charge in [0, 0.05) is 0 Å². The van der Waals surface area contributed by atoms with Crippen LogP contribution in [0.25, 0.3) is 0 Å². The Balaban J connectivity index is 2.77. The maximum absolute atomic E-state index is 9.33. The highest BCUT2D eigenvalue weighted by molar-refractivity contribution is 6.32. The van der Waals surface area contributed by atoms with Crippen molar-refractivity contribution in [1.82, 2.24) is 0 Å². The topological polar surface area (TPSA) is 29.5 Å². The molecule has 0 spiro atoms. The molecule has 0 aliphatic heterocycles. The maximum atomic E-state index is 9.33. The van der Waals surface area contributed by atoms with Gasteiger partial charge in [0.1, 0.15) is 12.4 Å². The van der Waals surface area contributed by atoms with Gasteiger partial charge in [-0.3, -0.25) is 0 Å². The number of rotatable bonds is 3. The molecule has 1 N–H and O–H groups in total. The quantitative estimate of drug-likeness (QED) is 0.801. The van der Waals surface area contributed by atoms with Crippen molar-refractivity contribution in [3.05, 3.63) is 28.8 Å². The van der Waals surface area contributed by atoms with Crippen LogP contribution in [-0.4, -0.2) is 11.7 Å². The molecule has 2 nitrogen and oxygen atoms in total. The predicted molar refractivity (Wildman–Crippen MR) is 61.0 cm³/mol. The standard InChI is InChI=1S/C12H13ClO2/c1-3-4-7-15-12-6-5-10(9(2)14)8-11(12)13/h5-6,8-9,14H,7H2,1-2H3. The first-order chi connectivity index (χ1) is 7.15. The Morgan fingerprint density at radius 3 is 2.80 bits per heavy atom. The molecule has 0 amide bonds. The van der Waals surface area contributed by atoms with Gasteiger partial charge in [0.15, 0.2) is 0 Å². The third-order valence-electron chi connectivity index (χ3n) is 1.91. The summed E-state index contributed by atoms with van der Waals surface area (Å²) in [6, 6.07) is 5.22. The van der Waals surface area contributed by atoms with Crippen molar-refractivity contribution in [3.8, 4) is 17.6 Å². The van der Waals surface area contributed by atoms with Crippen molar-refractivity contribution < 1.29 is 9.84 Å². The number of aliphatic hydroxyl groups is 1. The van der Waals surface area contributed by atoms with Gasteiger partial charge >= 0.3 is 0 Å². The van der Waals surface area contributed by atoms with Crippen LogP contribution in [-0.2, 0) is 0 Å². The van der Waals surface area contributed by atoms with Crippen molar-refractivity contribution in [3.63, 3.8) is 0 Å². The molecule has 0 saturated heterocycles. The van der Waals surface area contributed by atoms with Crippen molar-refractivity contribution in [2.75, 3.05) is 6.61 Å². The van der Waals surface area contributed by atoms with E-state index in [0.29, 0.717) is 17.4 Å². The third-order valence-corrected chi connectivity index (χ3v) is 2.21. The van der Waals surface area contributed by atoms with Gasteiger partial charge in [-0.05, 0) is 31.5 Å². The van der Waals surface area contributed by atoms with E-state index < -0.39 is 6.10 Å². The van der Waals surface area contributed by atoms with Gasteiger partial charge in [-0.15, -0.1) is 5.92 Å². The van der Waals surface area contributed by atoms with Crippen LogP contribution in [0, 0.1) is 11.8 Å². The van der Waals surface area contributed by atoms with Crippen LogP contribution in [0.1, 0.15) is 25.5 Å². The molecule has 1 unspecified atom stereocenters. The zero-order chi connectivity index (χ0) is 11.3.